The van der Waals surface area contributed by atoms with Crippen molar-refractivity contribution in [1.29, 1.82) is 0 Å². The number of anilines is 1. The molecule has 3 amide bonds. The number of carbonyl (C=O) groups excluding carboxylic acids is 3. The zero-order chi connectivity index (χ0) is 22.0. The van der Waals surface area contributed by atoms with Crippen LogP contribution < -0.4 is 5.32 Å². The lowest BCUT2D eigenvalue weighted by atomic mass is 10.1. The van der Waals surface area contributed by atoms with Gasteiger partial charge in [-0.25, -0.2) is 4.98 Å². The van der Waals surface area contributed by atoms with Crippen LogP contribution in [0.25, 0.3) is 11.3 Å². The SMILES string of the molecule is COCCCN1C(=O)c2ccc(C(=O)Nc3nc(-c4ccccc4Cl)cs3)cc2C1=O. The van der Waals surface area contributed by atoms with Gasteiger partial charge in [0, 0.05) is 41.8 Å². The summed E-state index contributed by atoms with van der Waals surface area (Å²) in [7, 11) is 1.56. The topological polar surface area (TPSA) is 88.6 Å². The van der Waals surface area contributed by atoms with Crippen molar-refractivity contribution in [1.82, 2.24) is 9.88 Å². The summed E-state index contributed by atoms with van der Waals surface area (Å²) in [4.78, 5) is 43.4. The lowest BCUT2D eigenvalue weighted by Crippen LogP contribution is -2.31. The van der Waals surface area contributed by atoms with E-state index in [0.29, 0.717) is 34.4 Å². The molecule has 1 aliphatic rings. The Balaban J connectivity index is 1.50. The predicted octanol–water partition coefficient (Wildman–Crippen LogP) is 4.35. The van der Waals surface area contributed by atoms with Crippen LogP contribution in [-0.4, -0.2) is 47.9 Å². The van der Waals surface area contributed by atoms with E-state index in [1.54, 1.807) is 18.6 Å². The zero-order valence-electron chi connectivity index (χ0n) is 16.6. The number of amides is 3. The second-order valence-corrected chi connectivity index (χ2v) is 8.11. The number of methoxy groups -OCH3 is 1. The normalized spacial score (nSPS) is 12.9. The molecule has 31 heavy (non-hydrogen) atoms. The largest absolute Gasteiger partial charge is 0.385 e. The Morgan fingerprint density at radius 3 is 2.68 bits per heavy atom. The first-order chi connectivity index (χ1) is 15.0. The smallest absolute Gasteiger partial charge is 0.261 e. The van der Waals surface area contributed by atoms with Gasteiger partial charge in [0.15, 0.2) is 5.13 Å². The Morgan fingerprint density at radius 2 is 1.90 bits per heavy atom. The maximum atomic E-state index is 12.7. The Hall–Kier alpha value is -3.07. The molecule has 2 heterocycles. The number of hydrogen-bond acceptors (Lipinski definition) is 6. The third kappa shape index (κ3) is 4.23. The number of hydrogen-bond donors (Lipinski definition) is 1. The number of thiazole rings is 1. The Bertz CT molecular complexity index is 1180. The molecule has 0 unspecified atom stereocenters. The fraction of sp³-hybridized carbons (Fsp3) is 0.182. The van der Waals surface area contributed by atoms with Crippen LogP contribution in [0.3, 0.4) is 0 Å². The number of imide groups is 1. The molecule has 1 N–H and O–H groups in total. The van der Waals surface area contributed by atoms with Crippen molar-refractivity contribution >= 4 is 45.8 Å². The molecule has 0 spiro atoms. The monoisotopic (exact) mass is 455 g/mol. The van der Waals surface area contributed by atoms with Crippen LogP contribution in [0.15, 0.2) is 47.8 Å². The first kappa shape index (κ1) is 21.2. The van der Waals surface area contributed by atoms with Gasteiger partial charge in [0.25, 0.3) is 17.7 Å². The van der Waals surface area contributed by atoms with Crippen molar-refractivity contribution in [3.63, 3.8) is 0 Å². The second-order valence-electron chi connectivity index (χ2n) is 6.84. The third-order valence-electron chi connectivity index (χ3n) is 4.84. The lowest BCUT2D eigenvalue weighted by molar-refractivity contribution is 0.0638. The molecule has 9 heteroatoms. The fourth-order valence-electron chi connectivity index (χ4n) is 3.30. The molecule has 0 atom stereocenters. The highest BCUT2D eigenvalue weighted by Gasteiger charge is 2.35. The summed E-state index contributed by atoms with van der Waals surface area (Å²) in [5.74, 6) is -1.17. The molecule has 0 saturated heterocycles. The standard InChI is InChI=1S/C22H18ClN3O4S/c1-30-10-4-9-26-20(28)14-8-7-13(11-16(14)21(26)29)19(27)25-22-24-18(12-31-22)15-5-2-3-6-17(15)23/h2-3,5-8,11-12H,4,9-10H2,1H3,(H,24,25,27). The van der Waals surface area contributed by atoms with E-state index in [2.05, 4.69) is 10.3 Å². The van der Waals surface area contributed by atoms with E-state index >= 15 is 0 Å². The molecule has 2 aromatic carbocycles. The minimum atomic E-state index is -0.416. The Labute approximate surface area is 187 Å². The van der Waals surface area contributed by atoms with Gasteiger partial charge in [-0.1, -0.05) is 29.8 Å². The van der Waals surface area contributed by atoms with Gasteiger partial charge in [0.05, 0.1) is 16.8 Å². The van der Waals surface area contributed by atoms with Crippen LogP contribution in [0.2, 0.25) is 5.02 Å². The number of carbonyl (C=O) groups is 3. The molecule has 7 nitrogen and oxygen atoms in total. The average Bonchev–Trinajstić information content (AvgIpc) is 3.32. The van der Waals surface area contributed by atoms with Gasteiger partial charge < -0.3 is 4.74 Å². The highest BCUT2D eigenvalue weighted by Crippen LogP contribution is 2.31. The van der Waals surface area contributed by atoms with Crippen LogP contribution in [0.1, 0.15) is 37.5 Å². The van der Waals surface area contributed by atoms with Crippen LogP contribution in [0.5, 0.6) is 0 Å². The number of nitrogens with one attached hydrogen (secondary N) is 1. The maximum Gasteiger partial charge on any atom is 0.261 e. The molecule has 4 rings (SSSR count). The molecule has 0 fully saturated rings. The van der Waals surface area contributed by atoms with E-state index in [1.165, 1.54) is 34.4 Å². The van der Waals surface area contributed by atoms with Gasteiger partial charge in [-0.3, -0.25) is 24.6 Å². The molecule has 0 radical (unpaired) electrons. The molecule has 0 aliphatic carbocycles. The van der Waals surface area contributed by atoms with Gasteiger partial charge in [-0.05, 0) is 30.7 Å². The van der Waals surface area contributed by atoms with E-state index in [1.807, 2.05) is 18.2 Å². The van der Waals surface area contributed by atoms with Crippen molar-refractivity contribution in [2.75, 3.05) is 25.6 Å². The summed E-state index contributed by atoms with van der Waals surface area (Å²) < 4.78 is 4.98. The fourth-order valence-corrected chi connectivity index (χ4v) is 4.23. The molecule has 0 bridgehead atoms. The minimum absolute atomic E-state index is 0.228. The third-order valence-corrected chi connectivity index (χ3v) is 5.92. The lowest BCUT2D eigenvalue weighted by Gasteiger charge is -2.12. The van der Waals surface area contributed by atoms with Crippen LogP contribution in [-0.2, 0) is 4.74 Å². The second kappa shape index (κ2) is 8.97. The van der Waals surface area contributed by atoms with Crippen molar-refractivity contribution < 1.29 is 19.1 Å². The van der Waals surface area contributed by atoms with E-state index in [-0.39, 0.29) is 23.6 Å². The number of nitrogens with zero attached hydrogens (tertiary/aromatic N) is 2. The molecule has 1 aliphatic heterocycles. The van der Waals surface area contributed by atoms with Gasteiger partial charge >= 0.3 is 0 Å². The van der Waals surface area contributed by atoms with E-state index in [4.69, 9.17) is 16.3 Å². The summed E-state index contributed by atoms with van der Waals surface area (Å²) >= 11 is 7.48. The average molecular weight is 456 g/mol. The zero-order valence-corrected chi connectivity index (χ0v) is 18.1. The van der Waals surface area contributed by atoms with Gasteiger partial charge in [-0.15, -0.1) is 11.3 Å². The van der Waals surface area contributed by atoms with Crippen LogP contribution in [0, 0.1) is 0 Å². The first-order valence-corrected chi connectivity index (χ1v) is 10.8. The van der Waals surface area contributed by atoms with Gasteiger partial charge in [-0.2, -0.15) is 0 Å². The maximum absolute atomic E-state index is 12.7. The predicted molar refractivity (Wildman–Crippen MR) is 119 cm³/mol. The molecule has 0 saturated carbocycles. The van der Waals surface area contributed by atoms with Crippen molar-refractivity contribution in [3.05, 3.63) is 69.6 Å². The van der Waals surface area contributed by atoms with Crippen molar-refractivity contribution in [2.24, 2.45) is 0 Å². The molecular formula is C22H18ClN3O4S. The Kier molecular flexibility index (Phi) is 6.13. The van der Waals surface area contributed by atoms with Crippen LogP contribution >= 0.6 is 22.9 Å². The number of benzene rings is 2. The van der Waals surface area contributed by atoms with Gasteiger partial charge in [0.2, 0.25) is 0 Å². The summed E-state index contributed by atoms with van der Waals surface area (Å²) in [5, 5.41) is 5.52. The number of halogens is 1. The summed E-state index contributed by atoms with van der Waals surface area (Å²) in [6.45, 7) is 0.719. The number of aromatic nitrogens is 1. The molecule has 158 valence electrons. The van der Waals surface area contributed by atoms with Crippen molar-refractivity contribution in [2.45, 2.75) is 6.42 Å². The summed E-state index contributed by atoms with van der Waals surface area (Å²) in [5.41, 5.74) is 2.23. The van der Waals surface area contributed by atoms with Crippen molar-refractivity contribution in [3.8, 4) is 11.3 Å². The van der Waals surface area contributed by atoms with E-state index in [9.17, 15) is 14.4 Å². The van der Waals surface area contributed by atoms with Gasteiger partial charge in [0.1, 0.15) is 0 Å². The van der Waals surface area contributed by atoms with Crippen LogP contribution in [0.4, 0.5) is 5.13 Å². The first-order valence-electron chi connectivity index (χ1n) is 9.50. The number of ether oxygens (including phenoxy) is 1. The number of fused-ring (bicyclic) bond motifs is 1. The molecular weight excluding hydrogens is 438 g/mol. The number of rotatable bonds is 7. The summed E-state index contributed by atoms with van der Waals surface area (Å²) in [6, 6.07) is 11.8. The minimum Gasteiger partial charge on any atom is -0.385 e. The highest BCUT2D eigenvalue weighted by molar-refractivity contribution is 7.14. The summed E-state index contributed by atoms with van der Waals surface area (Å²) in [6.07, 6.45) is 0.549. The molecule has 1 aromatic heterocycles. The van der Waals surface area contributed by atoms with E-state index in [0.717, 1.165) is 5.56 Å². The Morgan fingerprint density at radius 1 is 1.13 bits per heavy atom. The highest BCUT2D eigenvalue weighted by atomic mass is 35.5. The van der Waals surface area contributed by atoms with E-state index < -0.39 is 11.8 Å². The molecule has 3 aromatic rings. The quantitative estimate of drug-likeness (QED) is 0.422.